The molecule has 1 N–H and O–H groups in total. The van der Waals surface area contributed by atoms with Gasteiger partial charge in [0.05, 0.1) is 33.7 Å². The van der Waals surface area contributed by atoms with Crippen LogP contribution in [0.1, 0.15) is 77.1 Å². The number of hydrogen-bond donors (Lipinski definition) is 1. The molecule has 0 radical (unpaired) electrons. The summed E-state index contributed by atoms with van der Waals surface area (Å²) in [6.45, 7) is -1.30. The van der Waals surface area contributed by atoms with Crippen LogP contribution in [0.2, 0.25) is 5.02 Å². The van der Waals surface area contributed by atoms with Crippen LogP contribution < -0.4 is 0 Å². The Labute approximate surface area is 356 Å². The van der Waals surface area contributed by atoms with Gasteiger partial charge >= 0.3 is 6.18 Å². The molecule has 1 saturated heterocycles. The van der Waals surface area contributed by atoms with Crippen molar-refractivity contribution in [1.82, 2.24) is 29.4 Å². The summed E-state index contributed by atoms with van der Waals surface area (Å²) in [6.07, 6.45) is -3.42. The second-order valence-corrected chi connectivity index (χ2v) is 19.3. The lowest BCUT2D eigenvalue weighted by Crippen LogP contribution is -2.36. The van der Waals surface area contributed by atoms with Gasteiger partial charge in [-0.3, -0.25) is 23.2 Å². The normalized spacial score (nSPS) is 20.4. The fourth-order valence-electron chi connectivity index (χ4n) is 8.99. The minimum Gasteiger partial charge on any atom is -0.387 e. The van der Waals surface area contributed by atoms with Gasteiger partial charge in [-0.15, -0.1) is 0 Å². The van der Waals surface area contributed by atoms with E-state index in [1.165, 1.54) is 15.8 Å². The zero-order chi connectivity index (χ0) is 44.6. The minimum absolute atomic E-state index is 0.0277. The van der Waals surface area contributed by atoms with E-state index in [0.717, 1.165) is 12.1 Å². The van der Waals surface area contributed by atoms with Gasteiger partial charge in [0.15, 0.2) is 11.5 Å². The monoisotopic (exact) mass is 902 g/mol. The summed E-state index contributed by atoms with van der Waals surface area (Å²) >= 11 is 6.73. The van der Waals surface area contributed by atoms with Gasteiger partial charge in [0.25, 0.3) is 5.92 Å². The number of nitrogens with zero attached hydrogens (tertiary/aromatic N) is 6. The Hall–Kier alpha value is -5.25. The quantitative estimate of drug-likeness (QED) is 0.0849. The van der Waals surface area contributed by atoms with Crippen molar-refractivity contribution in [2.24, 2.45) is 13.0 Å². The minimum atomic E-state index is -5.06. The van der Waals surface area contributed by atoms with Gasteiger partial charge in [-0.1, -0.05) is 23.6 Å². The largest absolute Gasteiger partial charge is 0.435 e. The molecule has 3 aromatic heterocycles. The van der Waals surface area contributed by atoms with Crippen molar-refractivity contribution in [2.75, 3.05) is 19.4 Å². The van der Waals surface area contributed by atoms with E-state index in [2.05, 4.69) is 27.9 Å². The fourth-order valence-corrected chi connectivity index (χ4v) is 10.0. The molecule has 62 heavy (non-hydrogen) atoms. The molecule has 1 amide bonds. The number of amides is 1. The maximum absolute atomic E-state index is 15.5. The van der Waals surface area contributed by atoms with E-state index in [1.54, 1.807) is 31.3 Å². The summed E-state index contributed by atoms with van der Waals surface area (Å²) in [4.78, 5) is 32.9. The number of carbonyl (C=O) groups excluding carboxylic acids is 2. The molecule has 5 aromatic rings. The summed E-state index contributed by atoms with van der Waals surface area (Å²) in [5.41, 5.74) is -1.00. The predicted octanol–water partition coefficient (Wildman–Crippen LogP) is 7.16. The summed E-state index contributed by atoms with van der Waals surface area (Å²) in [5, 5.41) is 18.3. The van der Waals surface area contributed by atoms with Crippen LogP contribution in [0.25, 0.3) is 22.0 Å². The third-order valence-electron chi connectivity index (χ3n) is 11.5. The summed E-state index contributed by atoms with van der Waals surface area (Å²) in [6, 6.07) is 8.66. The van der Waals surface area contributed by atoms with Gasteiger partial charge < -0.3 is 10.0 Å². The average molecular weight is 903 g/mol. The Morgan fingerprint density at radius 2 is 1.81 bits per heavy atom. The number of benzene rings is 2. The maximum Gasteiger partial charge on any atom is 0.435 e. The van der Waals surface area contributed by atoms with E-state index >= 15 is 8.78 Å². The highest BCUT2D eigenvalue weighted by Gasteiger charge is 2.68. The van der Waals surface area contributed by atoms with E-state index < -0.39 is 105 Å². The first-order chi connectivity index (χ1) is 29.1. The molecule has 3 aliphatic rings. The van der Waals surface area contributed by atoms with Gasteiger partial charge in [0.1, 0.15) is 36.2 Å². The number of likely N-dealkylation sites (tertiary alicyclic amines) is 1. The number of aromatic nitrogens is 5. The molecule has 2 fully saturated rings. The van der Waals surface area contributed by atoms with Crippen molar-refractivity contribution < 1.29 is 49.6 Å². The van der Waals surface area contributed by atoms with Crippen molar-refractivity contribution >= 4 is 49.6 Å². The van der Waals surface area contributed by atoms with Crippen molar-refractivity contribution in [2.45, 2.75) is 74.4 Å². The molecule has 1 aliphatic heterocycles. The second-order valence-electron chi connectivity index (χ2n) is 16.3. The number of halogens is 8. The second kappa shape index (κ2) is 15.8. The molecule has 8 rings (SSSR count). The SMILES string of the molecule is C=S(C)(=O)Cc1nn(C)c2c(-c3ccc(C#CC4CCCN4C(=O)CO)nc3[C@@H](CC(=O)Cn3nc(C(F)(F)F)c4c3C(F)(F)[C@@H]3C[C@H]43)Cc3cc(F)cc(F)c3)ccc(Cl)c12. The molecular formula is C43H38ClF7N6O4S. The van der Waals surface area contributed by atoms with Crippen LogP contribution in [0.3, 0.4) is 0 Å². The molecule has 2 unspecified atom stereocenters. The van der Waals surface area contributed by atoms with E-state index in [-0.39, 0.29) is 40.6 Å². The number of fused-ring (bicyclic) bond motifs is 4. The highest BCUT2D eigenvalue weighted by Crippen LogP contribution is 2.68. The number of aryl methyl sites for hydroxylation is 1. The molecule has 10 nitrogen and oxygen atoms in total. The number of alkyl halides is 5. The van der Waals surface area contributed by atoms with Crippen LogP contribution in [0.15, 0.2) is 42.5 Å². The van der Waals surface area contributed by atoms with Crippen LogP contribution in [-0.4, -0.2) is 81.8 Å². The number of pyridine rings is 1. The Morgan fingerprint density at radius 3 is 2.48 bits per heavy atom. The average Bonchev–Trinajstić information content (AvgIpc) is 3.40. The Balaban J connectivity index is 1.28. The number of carbonyl (C=O) groups is 2. The lowest BCUT2D eigenvalue weighted by atomic mass is 9.86. The van der Waals surface area contributed by atoms with E-state index in [4.69, 9.17) is 16.6 Å². The molecule has 1 saturated carbocycles. The molecule has 19 heteroatoms. The third-order valence-corrected chi connectivity index (χ3v) is 12.7. The molecule has 326 valence electrons. The first kappa shape index (κ1) is 43.4. The Kier molecular flexibility index (Phi) is 11.1. The van der Waals surface area contributed by atoms with Crippen LogP contribution in [-0.2, 0) is 57.0 Å². The van der Waals surface area contributed by atoms with E-state index in [1.807, 2.05) is 0 Å². The number of aliphatic hydroxyl groups is 1. The molecule has 5 atom stereocenters. The number of hydrogen-bond acceptors (Lipinski definition) is 7. The van der Waals surface area contributed by atoms with Gasteiger partial charge in [-0.05, 0) is 88.8 Å². The molecule has 4 heterocycles. The maximum atomic E-state index is 15.5. The van der Waals surface area contributed by atoms with Crippen molar-refractivity contribution in [3.63, 3.8) is 0 Å². The van der Waals surface area contributed by atoms with Gasteiger partial charge in [0, 0.05) is 66.2 Å². The van der Waals surface area contributed by atoms with Gasteiger partial charge in [-0.25, -0.2) is 13.8 Å². The zero-order valence-electron chi connectivity index (χ0n) is 33.2. The smallest absolute Gasteiger partial charge is 0.387 e. The van der Waals surface area contributed by atoms with Crippen molar-refractivity contribution in [3.8, 4) is 23.0 Å². The van der Waals surface area contributed by atoms with Crippen LogP contribution in [0, 0.1) is 29.4 Å². The van der Waals surface area contributed by atoms with Gasteiger partial charge in [0.2, 0.25) is 5.91 Å². The molecule has 2 aromatic carbocycles. The number of aliphatic hydroxyl groups excluding tert-OH is 1. The zero-order valence-corrected chi connectivity index (χ0v) is 34.8. The van der Waals surface area contributed by atoms with Crippen molar-refractivity contribution in [1.29, 1.82) is 0 Å². The molecule has 0 bridgehead atoms. The first-order valence-corrected chi connectivity index (χ1v) is 22.2. The highest BCUT2D eigenvalue weighted by atomic mass is 35.5. The predicted molar refractivity (Wildman–Crippen MR) is 217 cm³/mol. The number of ketones is 1. The topological polar surface area (TPSA) is 123 Å². The Bertz CT molecular complexity index is 2830. The first-order valence-electron chi connectivity index (χ1n) is 19.5. The van der Waals surface area contributed by atoms with Crippen LogP contribution in [0.5, 0.6) is 0 Å². The lowest BCUT2D eigenvalue weighted by molar-refractivity contribution is -0.142. The number of rotatable bonds is 11. The molecule has 2 aliphatic carbocycles. The summed E-state index contributed by atoms with van der Waals surface area (Å²) in [5.74, 6) is -0.611. The van der Waals surface area contributed by atoms with Crippen LogP contribution in [0.4, 0.5) is 30.7 Å². The number of Topliss-reactive ketones (excluding diaryl/α,β-unsaturated/α-hetero) is 1. The Morgan fingerprint density at radius 1 is 1.10 bits per heavy atom. The van der Waals surface area contributed by atoms with E-state index in [0.29, 0.717) is 57.9 Å². The van der Waals surface area contributed by atoms with Gasteiger partial charge in [-0.2, -0.15) is 32.1 Å². The highest BCUT2D eigenvalue weighted by molar-refractivity contribution is 7.98. The standard InChI is InChI=1S/C43H38ClF7N6O4S/c1-55-39-30(10-11-33(44)37(39)34(53-55)21-62(2,3)61)29-9-7-26(6-8-27-5-4-12-56(27)35(60)20-58)52-38(29)23(13-22-14-24(45)17-25(46)15-22)16-28(59)19-57-41-36(40(54-57)43(49,50)51)31-18-32(31)42(41,47)48/h7,9-11,14-15,17,23,27,31-32,58H,2,4-5,12-13,16,18-21H2,1,3H3/t23-,27?,31+,32-,62?/m1/s1. The molecular weight excluding hydrogens is 865 g/mol. The third kappa shape index (κ3) is 8.22. The fraction of sp³-hybridized carbons (Fsp3) is 0.395. The molecule has 0 spiro atoms. The summed E-state index contributed by atoms with van der Waals surface area (Å²) in [7, 11) is -0.984. The van der Waals surface area contributed by atoms with Crippen molar-refractivity contribution in [3.05, 3.63) is 98.7 Å². The lowest BCUT2D eigenvalue weighted by Gasteiger charge is -2.22. The van der Waals surface area contributed by atoms with Crippen LogP contribution >= 0.6 is 11.6 Å². The summed E-state index contributed by atoms with van der Waals surface area (Å²) < 4.78 is 118. The van der Waals surface area contributed by atoms with E-state index in [9.17, 15) is 40.9 Å².